The summed E-state index contributed by atoms with van der Waals surface area (Å²) in [5, 5.41) is 13.3. The van der Waals surface area contributed by atoms with Crippen LogP contribution in [0.25, 0.3) is 11.5 Å². The number of rotatable bonds is 4. The fourth-order valence-electron chi connectivity index (χ4n) is 3.30. The summed E-state index contributed by atoms with van der Waals surface area (Å²) in [7, 11) is 0. The number of anilines is 1. The van der Waals surface area contributed by atoms with E-state index < -0.39 is 0 Å². The summed E-state index contributed by atoms with van der Waals surface area (Å²) >= 11 is 0. The molecule has 1 unspecified atom stereocenters. The van der Waals surface area contributed by atoms with Gasteiger partial charge in [-0.25, -0.2) is 4.98 Å². The third-order valence-corrected chi connectivity index (χ3v) is 4.73. The maximum atomic E-state index is 12.8. The number of carbonyl (C=O) groups is 1. The van der Waals surface area contributed by atoms with E-state index in [9.17, 15) is 4.79 Å². The molecule has 3 N–H and O–H groups in total. The van der Waals surface area contributed by atoms with Gasteiger partial charge in [0.25, 0.3) is 5.91 Å². The van der Waals surface area contributed by atoms with Crippen LogP contribution in [0.5, 0.6) is 0 Å². The number of hydrogen-bond acceptors (Lipinski definition) is 5. The molecule has 7 heteroatoms. The van der Waals surface area contributed by atoms with Crippen LogP contribution in [0.3, 0.4) is 0 Å². The maximum Gasteiger partial charge on any atom is 0.259 e. The topological polar surface area (TPSA) is 95.8 Å². The number of aromatic nitrogens is 3. The first-order valence-corrected chi connectivity index (χ1v) is 8.70. The minimum Gasteiger partial charge on any atom is -0.444 e. The largest absolute Gasteiger partial charge is 0.444 e. The molecule has 0 saturated carbocycles. The lowest BCUT2D eigenvalue weighted by Gasteiger charge is -2.11. The Morgan fingerprint density at radius 3 is 2.96 bits per heavy atom. The summed E-state index contributed by atoms with van der Waals surface area (Å²) in [5.74, 6) is 0.679. The van der Waals surface area contributed by atoms with Gasteiger partial charge in [0, 0.05) is 23.7 Å². The van der Waals surface area contributed by atoms with Crippen LogP contribution < -0.4 is 10.6 Å². The molecule has 3 aromatic rings. The van der Waals surface area contributed by atoms with Crippen molar-refractivity contribution in [2.45, 2.75) is 26.2 Å². The SMILES string of the molecule is Cc1coc(-c2cc(NC(=O)c3cn[nH]c3C3CCNC3)ccc2C)n1. The summed E-state index contributed by atoms with van der Waals surface area (Å²) < 4.78 is 5.50. The molecule has 134 valence electrons. The van der Waals surface area contributed by atoms with E-state index in [1.165, 1.54) is 0 Å². The van der Waals surface area contributed by atoms with Gasteiger partial charge in [0.2, 0.25) is 5.89 Å². The third kappa shape index (κ3) is 3.13. The summed E-state index contributed by atoms with van der Waals surface area (Å²) in [4.78, 5) is 17.1. The highest BCUT2D eigenvalue weighted by atomic mass is 16.3. The smallest absolute Gasteiger partial charge is 0.259 e. The number of nitrogens with zero attached hydrogens (tertiary/aromatic N) is 2. The average Bonchev–Trinajstić information content (AvgIpc) is 3.37. The Bertz CT molecular complexity index is 937. The van der Waals surface area contributed by atoms with E-state index in [0.29, 0.717) is 23.1 Å². The fraction of sp³-hybridized carbons (Fsp3) is 0.316. The number of carbonyl (C=O) groups excluding carboxylic acids is 1. The summed E-state index contributed by atoms with van der Waals surface area (Å²) in [6.07, 6.45) is 4.21. The van der Waals surface area contributed by atoms with Gasteiger partial charge >= 0.3 is 0 Å². The van der Waals surface area contributed by atoms with E-state index >= 15 is 0 Å². The van der Waals surface area contributed by atoms with Crippen molar-refractivity contribution >= 4 is 11.6 Å². The Morgan fingerprint density at radius 1 is 1.35 bits per heavy atom. The lowest BCUT2D eigenvalue weighted by atomic mass is 10.0. The molecular weight excluding hydrogens is 330 g/mol. The molecule has 0 bridgehead atoms. The van der Waals surface area contributed by atoms with Gasteiger partial charge in [-0.2, -0.15) is 5.10 Å². The van der Waals surface area contributed by atoms with Crippen molar-refractivity contribution in [2.75, 3.05) is 18.4 Å². The van der Waals surface area contributed by atoms with Gasteiger partial charge in [0.05, 0.1) is 23.1 Å². The molecule has 26 heavy (non-hydrogen) atoms. The van der Waals surface area contributed by atoms with Crippen LogP contribution in [0.2, 0.25) is 0 Å². The number of hydrogen-bond donors (Lipinski definition) is 3. The van der Waals surface area contributed by atoms with Crippen LogP contribution >= 0.6 is 0 Å². The molecule has 7 nitrogen and oxygen atoms in total. The zero-order valence-electron chi connectivity index (χ0n) is 14.8. The van der Waals surface area contributed by atoms with Gasteiger partial charge in [0.1, 0.15) is 6.26 Å². The normalized spacial score (nSPS) is 16.8. The number of oxazole rings is 1. The standard InChI is InChI=1S/C19H21N5O2/c1-11-3-4-14(7-15(11)19-22-12(2)10-26-19)23-18(25)16-9-21-24-17(16)13-5-6-20-8-13/h3-4,7,9-10,13,20H,5-6,8H2,1-2H3,(H,21,24)(H,23,25). The molecule has 1 aliphatic heterocycles. The van der Waals surface area contributed by atoms with E-state index in [2.05, 4.69) is 25.8 Å². The third-order valence-electron chi connectivity index (χ3n) is 4.73. The van der Waals surface area contributed by atoms with Gasteiger partial charge in [0.15, 0.2) is 0 Å². The maximum absolute atomic E-state index is 12.8. The first-order valence-electron chi connectivity index (χ1n) is 8.70. The van der Waals surface area contributed by atoms with E-state index in [1.807, 2.05) is 32.0 Å². The molecule has 1 atom stereocenters. The number of aryl methyl sites for hydroxylation is 2. The van der Waals surface area contributed by atoms with E-state index in [1.54, 1.807) is 12.5 Å². The molecule has 1 amide bonds. The molecule has 1 aromatic carbocycles. The molecule has 1 saturated heterocycles. The number of amides is 1. The highest BCUT2D eigenvalue weighted by Gasteiger charge is 2.24. The van der Waals surface area contributed by atoms with Crippen LogP contribution in [0.15, 0.2) is 35.1 Å². The Labute approximate surface area is 151 Å². The number of nitrogens with one attached hydrogen (secondary N) is 3. The lowest BCUT2D eigenvalue weighted by Crippen LogP contribution is -2.16. The number of aromatic amines is 1. The number of benzene rings is 1. The van der Waals surface area contributed by atoms with Crippen molar-refractivity contribution in [3.8, 4) is 11.5 Å². The summed E-state index contributed by atoms with van der Waals surface area (Å²) in [6.45, 7) is 5.69. The summed E-state index contributed by atoms with van der Waals surface area (Å²) in [5.41, 5.74) is 4.90. The van der Waals surface area contributed by atoms with E-state index in [-0.39, 0.29) is 5.91 Å². The van der Waals surface area contributed by atoms with Gasteiger partial charge in [-0.1, -0.05) is 6.07 Å². The first-order chi connectivity index (χ1) is 12.6. The second kappa shape index (κ2) is 6.76. The molecule has 0 spiro atoms. The first kappa shape index (κ1) is 16.5. The Balaban J connectivity index is 1.58. The molecule has 3 heterocycles. The van der Waals surface area contributed by atoms with E-state index in [4.69, 9.17) is 4.42 Å². The van der Waals surface area contributed by atoms with Crippen molar-refractivity contribution < 1.29 is 9.21 Å². The molecule has 1 aliphatic rings. The Hall–Kier alpha value is -2.93. The number of H-pyrrole nitrogens is 1. The van der Waals surface area contributed by atoms with Crippen molar-refractivity contribution in [1.29, 1.82) is 0 Å². The minimum atomic E-state index is -0.168. The second-order valence-electron chi connectivity index (χ2n) is 6.66. The lowest BCUT2D eigenvalue weighted by molar-refractivity contribution is 0.102. The zero-order chi connectivity index (χ0) is 18.1. The zero-order valence-corrected chi connectivity index (χ0v) is 14.8. The molecule has 0 radical (unpaired) electrons. The average molecular weight is 351 g/mol. The van der Waals surface area contributed by atoms with Crippen molar-refractivity contribution in [3.05, 3.63) is 53.2 Å². The highest BCUT2D eigenvalue weighted by Crippen LogP contribution is 2.27. The Kier molecular flexibility index (Phi) is 4.30. The van der Waals surface area contributed by atoms with Crippen molar-refractivity contribution in [3.63, 3.8) is 0 Å². The van der Waals surface area contributed by atoms with Crippen molar-refractivity contribution in [2.24, 2.45) is 0 Å². The van der Waals surface area contributed by atoms with Crippen LogP contribution in [0.1, 0.15) is 39.6 Å². The van der Waals surface area contributed by atoms with E-state index in [0.717, 1.165) is 42.0 Å². The summed E-state index contributed by atoms with van der Waals surface area (Å²) in [6, 6.07) is 5.71. The molecule has 0 aliphatic carbocycles. The van der Waals surface area contributed by atoms with Crippen LogP contribution in [-0.4, -0.2) is 34.2 Å². The quantitative estimate of drug-likeness (QED) is 0.671. The van der Waals surface area contributed by atoms with Crippen LogP contribution in [0.4, 0.5) is 5.69 Å². The fourth-order valence-corrected chi connectivity index (χ4v) is 3.30. The molecule has 4 rings (SSSR count). The molecule has 1 fully saturated rings. The molecule has 2 aromatic heterocycles. The highest BCUT2D eigenvalue weighted by molar-refractivity contribution is 6.05. The van der Waals surface area contributed by atoms with Crippen molar-refractivity contribution in [1.82, 2.24) is 20.5 Å². The predicted molar refractivity (Wildman–Crippen MR) is 98.2 cm³/mol. The second-order valence-corrected chi connectivity index (χ2v) is 6.66. The van der Waals surface area contributed by atoms with Gasteiger partial charge < -0.3 is 15.1 Å². The molecular formula is C19H21N5O2. The minimum absolute atomic E-state index is 0.168. The monoisotopic (exact) mass is 351 g/mol. The predicted octanol–water partition coefficient (Wildman–Crippen LogP) is 3.01. The van der Waals surface area contributed by atoms with Crippen LogP contribution in [0, 0.1) is 13.8 Å². The Morgan fingerprint density at radius 2 is 2.23 bits per heavy atom. The van der Waals surface area contributed by atoms with Gasteiger partial charge in [-0.05, 0) is 44.5 Å². The van der Waals surface area contributed by atoms with Crippen LogP contribution in [-0.2, 0) is 0 Å². The van der Waals surface area contributed by atoms with Gasteiger partial charge in [-0.15, -0.1) is 0 Å². The van der Waals surface area contributed by atoms with Gasteiger partial charge in [-0.3, -0.25) is 9.89 Å².